The number of carbonyl (C=O) groups excluding carboxylic acids is 2. The summed E-state index contributed by atoms with van der Waals surface area (Å²) in [6.45, 7) is 0. The minimum atomic E-state index is -1.53. The molecule has 62 valence electrons. The van der Waals surface area contributed by atoms with Crippen LogP contribution in [0.3, 0.4) is 0 Å². The largest absolute Gasteiger partial charge is 0.365 e. The molecule has 1 aliphatic heterocycles. The molecule has 1 heterocycles. The summed E-state index contributed by atoms with van der Waals surface area (Å²) >= 11 is 0. The number of hydrogen-bond donors (Lipinski definition) is 3. The molecule has 0 bridgehead atoms. The van der Waals surface area contributed by atoms with Gasteiger partial charge in [-0.1, -0.05) is 0 Å². The zero-order valence-electron chi connectivity index (χ0n) is 5.81. The van der Waals surface area contributed by atoms with Crippen molar-refractivity contribution in [2.75, 3.05) is 7.05 Å². The van der Waals surface area contributed by atoms with Crippen LogP contribution in [0, 0.1) is 0 Å². The minimum absolute atomic E-state index is 0.725. The van der Waals surface area contributed by atoms with Crippen molar-refractivity contribution in [2.45, 2.75) is 12.5 Å². The third-order valence-electron chi connectivity index (χ3n) is 1.46. The molecular formula is C5H8N2O4. The predicted octanol–water partition coefficient (Wildman–Crippen LogP) is -2.79. The van der Waals surface area contributed by atoms with Crippen LogP contribution in [-0.2, 0) is 9.59 Å². The number of piperazine rings is 1. The maximum absolute atomic E-state index is 10.8. The molecule has 0 spiro atoms. The van der Waals surface area contributed by atoms with Crippen molar-refractivity contribution in [3.63, 3.8) is 0 Å². The zero-order chi connectivity index (χ0) is 8.59. The molecule has 1 saturated heterocycles. The number of rotatable bonds is 0. The molecule has 1 fully saturated rings. The fourth-order valence-corrected chi connectivity index (χ4v) is 0.760. The second-order valence-corrected chi connectivity index (χ2v) is 2.23. The van der Waals surface area contributed by atoms with Crippen molar-refractivity contribution in [1.82, 2.24) is 10.2 Å². The standard InChI is InChI=1S/C5H8N2O4/c1-7-4(10)2(8)6-3(9)5(7)11/h2,5,8,11H,1H3,(H,6,9). The van der Waals surface area contributed by atoms with Crippen LogP contribution in [0.25, 0.3) is 0 Å². The first kappa shape index (κ1) is 7.96. The van der Waals surface area contributed by atoms with Crippen molar-refractivity contribution in [1.29, 1.82) is 0 Å². The third kappa shape index (κ3) is 1.17. The highest BCUT2D eigenvalue weighted by atomic mass is 16.3. The monoisotopic (exact) mass is 160 g/mol. The summed E-state index contributed by atoms with van der Waals surface area (Å²) in [6.07, 6.45) is -3.03. The number of carbonyl (C=O) groups is 2. The summed E-state index contributed by atoms with van der Waals surface area (Å²) in [6, 6.07) is 0. The molecule has 1 rings (SSSR count). The first-order valence-electron chi connectivity index (χ1n) is 2.97. The SMILES string of the molecule is CN1C(=O)C(O)NC(=O)C1O. The molecule has 1 aliphatic rings. The number of hydrogen-bond acceptors (Lipinski definition) is 4. The molecule has 6 heteroatoms. The van der Waals surface area contributed by atoms with Crippen LogP contribution in [0.1, 0.15) is 0 Å². The van der Waals surface area contributed by atoms with Gasteiger partial charge in [0.15, 0.2) is 0 Å². The lowest BCUT2D eigenvalue weighted by molar-refractivity contribution is -0.169. The molecule has 6 nitrogen and oxygen atoms in total. The summed E-state index contributed by atoms with van der Waals surface area (Å²) in [5.41, 5.74) is 0. The summed E-state index contributed by atoms with van der Waals surface area (Å²) in [4.78, 5) is 22.2. The van der Waals surface area contributed by atoms with E-state index in [2.05, 4.69) is 0 Å². The van der Waals surface area contributed by atoms with Crippen molar-refractivity contribution in [3.05, 3.63) is 0 Å². The average molecular weight is 160 g/mol. The van der Waals surface area contributed by atoms with Crippen LogP contribution in [-0.4, -0.2) is 46.4 Å². The van der Waals surface area contributed by atoms with Crippen molar-refractivity contribution < 1.29 is 19.8 Å². The Morgan fingerprint density at radius 3 is 2.55 bits per heavy atom. The van der Waals surface area contributed by atoms with Crippen molar-refractivity contribution in [3.8, 4) is 0 Å². The van der Waals surface area contributed by atoms with E-state index < -0.39 is 24.3 Å². The fraction of sp³-hybridized carbons (Fsp3) is 0.600. The topological polar surface area (TPSA) is 89.9 Å². The number of nitrogens with zero attached hydrogens (tertiary/aromatic N) is 1. The molecule has 2 atom stereocenters. The normalized spacial score (nSPS) is 32.1. The summed E-state index contributed by atoms with van der Waals surface area (Å²) in [5, 5.41) is 19.6. The van der Waals surface area contributed by atoms with Gasteiger partial charge in [0.2, 0.25) is 12.5 Å². The summed E-state index contributed by atoms with van der Waals surface area (Å²) in [5.74, 6) is -1.50. The predicted molar refractivity (Wildman–Crippen MR) is 32.9 cm³/mol. The molecule has 2 unspecified atom stereocenters. The van der Waals surface area contributed by atoms with Crippen LogP contribution in [0.2, 0.25) is 0 Å². The third-order valence-corrected chi connectivity index (χ3v) is 1.46. The van der Waals surface area contributed by atoms with Gasteiger partial charge in [0.25, 0.3) is 11.8 Å². The van der Waals surface area contributed by atoms with Gasteiger partial charge in [0, 0.05) is 7.05 Å². The number of nitrogens with one attached hydrogen (secondary N) is 1. The summed E-state index contributed by atoms with van der Waals surface area (Å²) in [7, 11) is 1.23. The highest BCUT2D eigenvalue weighted by Crippen LogP contribution is 2.02. The van der Waals surface area contributed by atoms with E-state index in [1.807, 2.05) is 5.32 Å². The molecule has 0 radical (unpaired) electrons. The van der Waals surface area contributed by atoms with E-state index in [4.69, 9.17) is 10.2 Å². The molecule has 0 aromatic carbocycles. The van der Waals surface area contributed by atoms with Gasteiger partial charge in [-0.05, 0) is 0 Å². The van der Waals surface area contributed by atoms with Crippen LogP contribution in [0.4, 0.5) is 0 Å². The molecule has 11 heavy (non-hydrogen) atoms. The van der Waals surface area contributed by atoms with Gasteiger partial charge in [0.05, 0.1) is 0 Å². The smallest absolute Gasteiger partial charge is 0.274 e. The lowest BCUT2D eigenvalue weighted by Crippen LogP contribution is -2.61. The van der Waals surface area contributed by atoms with Crippen LogP contribution in [0.5, 0.6) is 0 Å². The van der Waals surface area contributed by atoms with Crippen LogP contribution in [0.15, 0.2) is 0 Å². The number of aliphatic hydroxyl groups is 2. The Morgan fingerprint density at radius 1 is 1.45 bits per heavy atom. The van der Waals surface area contributed by atoms with Gasteiger partial charge < -0.3 is 20.4 Å². The Hall–Kier alpha value is -1.14. The van der Waals surface area contributed by atoms with Gasteiger partial charge in [-0.3, -0.25) is 9.59 Å². The Balaban J connectivity index is 2.78. The van der Waals surface area contributed by atoms with Crippen LogP contribution < -0.4 is 5.32 Å². The van der Waals surface area contributed by atoms with Crippen LogP contribution >= 0.6 is 0 Å². The lowest BCUT2D eigenvalue weighted by Gasteiger charge is -2.30. The summed E-state index contributed by atoms with van der Waals surface area (Å²) < 4.78 is 0. The number of amides is 2. The van der Waals surface area contributed by atoms with E-state index >= 15 is 0 Å². The fourth-order valence-electron chi connectivity index (χ4n) is 0.760. The van der Waals surface area contributed by atoms with E-state index in [1.165, 1.54) is 7.05 Å². The van der Waals surface area contributed by atoms with Crippen molar-refractivity contribution in [2.24, 2.45) is 0 Å². The van der Waals surface area contributed by atoms with E-state index in [9.17, 15) is 9.59 Å². The van der Waals surface area contributed by atoms with Gasteiger partial charge in [-0.15, -0.1) is 0 Å². The van der Waals surface area contributed by atoms with E-state index in [1.54, 1.807) is 0 Å². The van der Waals surface area contributed by atoms with E-state index in [0.29, 0.717) is 0 Å². The van der Waals surface area contributed by atoms with E-state index in [0.717, 1.165) is 4.90 Å². The second kappa shape index (κ2) is 2.48. The van der Waals surface area contributed by atoms with Crippen molar-refractivity contribution >= 4 is 11.8 Å². The van der Waals surface area contributed by atoms with Gasteiger partial charge in [0.1, 0.15) is 0 Å². The molecule has 0 aromatic rings. The Kier molecular flexibility index (Phi) is 1.79. The number of likely N-dealkylation sites (N-methyl/N-ethyl adjacent to an activating group) is 1. The molecule has 2 amide bonds. The Labute approximate surface area is 62.4 Å². The highest BCUT2D eigenvalue weighted by Gasteiger charge is 2.35. The molecule has 0 aliphatic carbocycles. The Bertz CT molecular complexity index is 205. The molecule has 0 saturated carbocycles. The van der Waals surface area contributed by atoms with Gasteiger partial charge in [-0.2, -0.15) is 0 Å². The first-order chi connectivity index (χ1) is 5.04. The number of aliphatic hydroxyl groups excluding tert-OH is 2. The average Bonchev–Trinajstić information content (AvgIpc) is 1.97. The highest BCUT2D eigenvalue weighted by molar-refractivity contribution is 5.94. The minimum Gasteiger partial charge on any atom is -0.365 e. The zero-order valence-corrected chi connectivity index (χ0v) is 5.81. The Morgan fingerprint density at radius 2 is 2.00 bits per heavy atom. The molecular weight excluding hydrogens is 152 g/mol. The van der Waals surface area contributed by atoms with Gasteiger partial charge >= 0.3 is 0 Å². The lowest BCUT2D eigenvalue weighted by atomic mass is 10.3. The maximum atomic E-state index is 10.8. The first-order valence-corrected chi connectivity index (χ1v) is 2.97. The van der Waals surface area contributed by atoms with E-state index in [-0.39, 0.29) is 0 Å². The second-order valence-electron chi connectivity index (χ2n) is 2.23. The van der Waals surface area contributed by atoms with Gasteiger partial charge in [-0.25, -0.2) is 0 Å². The molecule has 0 aromatic heterocycles. The molecule has 3 N–H and O–H groups in total. The maximum Gasteiger partial charge on any atom is 0.274 e. The quantitative estimate of drug-likeness (QED) is 0.357.